The highest BCUT2D eigenvalue weighted by molar-refractivity contribution is 8.14. The summed E-state index contributed by atoms with van der Waals surface area (Å²) in [6, 6.07) is 0. The Hall–Kier alpha value is -0.300. The van der Waals surface area contributed by atoms with Gasteiger partial charge in [0, 0.05) is 32.7 Å². The van der Waals surface area contributed by atoms with Crippen molar-refractivity contribution in [2.75, 3.05) is 39.4 Å². The number of amides is 1. The fourth-order valence-corrected chi connectivity index (χ4v) is 7.54. The summed E-state index contributed by atoms with van der Waals surface area (Å²) >= 11 is 1.53. The van der Waals surface area contributed by atoms with Crippen molar-refractivity contribution in [2.24, 2.45) is 23.7 Å². The van der Waals surface area contributed by atoms with Crippen LogP contribution in [0.4, 0.5) is 4.79 Å². The Morgan fingerprint density at radius 3 is 1.31 bits per heavy atom. The van der Waals surface area contributed by atoms with Crippen LogP contribution in [0.15, 0.2) is 0 Å². The van der Waals surface area contributed by atoms with Crippen LogP contribution in [-0.2, 0) is 0 Å². The number of thioether (sulfide) groups is 1. The van der Waals surface area contributed by atoms with E-state index < -0.39 is 0 Å². The quantitative estimate of drug-likeness (QED) is 0.0954. The lowest BCUT2D eigenvalue weighted by Crippen LogP contribution is -2.49. The van der Waals surface area contributed by atoms with E-state index in [0.29, 0.717) is 11.8 Å². The molecule has 1 fully saturated rings. The molecule has 1 saturated heterocycles. The molecule has 1 amide bonds. The van der Waals surface area contributed by atoms with Crippen molar-refractivity contribution in [3.05, 3.63) is 0 Å². The van der Waals surface area contributed by atoms with Crippen LogP contribution in [0.5, 0.6) is 0 Å². The van der Waals surface area contributed by atoms with Crippen LogP contribution in [-0.4, -0.2) is 64.8 Å². The lowest BCUT2D eigenvalue weighted by Gasteiger charge is -2.34. The zero-order chi connectivity index (χ0) is 31.2. The molecule has 0 aromatic heterocycles. The molecule has 1 aliphatic heterocycles. The van der Waals surface area contributed by atoms with E-state index >= 15 is 0 Å². The molecule has 6 heteroatoms. The molecule has 0 bridgehead atoms. The van der Waals surface area contributed by atoms with Crippen molar-refractivity contribution in [2.45, 2.75) is 163 Å². The van der Waals surface area contributed by atoms with Gasteiger partial charge in [-0.05, 0) is 61.1 Å². The SMILES string of the molecule is CCCCC(CC)CN(CC(CC)CCCC)CC1NN(CN(CC(CC)CCCC)CC(CC)CCCC)C(=O)S1. The van der Waals surface area contributed by atoms with Gasteiger partial charge in [0.2, 0.25) is 0 Å². The number of hydrazine groups is 1. The van der Waals surface area contributed by atoms with E-state index in [4.69, 9.17) is 0 Å². The van der Waals surface area contributed by atoms with Gasteiger partial charge in [-0.15, -0.1) is 0 Å². The first kappa shape index (κ1) is 39.7. The molecular weight excluding hydrogens is 536 g/mol. The predicted octanol–water partition coefficient (Wildman–Crippen LogP) is 10.4. The van der Waals surface area contributed by atoms with Crippen LogP contribution in [0.25, 0.3) is 0 Å². The molecule has 0 aromatic rings. The van der Waals surface area contributed by atoms with Crippen molar-refractivity contribution >= 4 is 17.0 Å². The highest BCUT2D eigenvalue weighted by Crippen LogP contribution is 2.27. The summed E-state index contributed by atoms with van der Waals surface area (Å²) in [7, 11) is 0. The number of carbonyl (C=O) groups is 1. The lowest BCUT2D eigenvalue weighted by atomic mass is 9.95. The summed E-state index contributed by atoms with van der Waals surface area (Å²) in [4.78, 5) is 18.7. The first-order valence-electron chi connectivity index (χ1n) is 18.6. The number of unbranched alkanes of at least 4 members (excludes halogenated alkanes) is 4. The van der Waals surface area contributed by atoms with E-state index in [9.17, 15) is 4.79 Å². The molecule has 1 rings (SSSR count). The van der Waals surface area contributed by atoms with Crippen LogP contribution in [0.2, 0.25) is 0 Å². The first-order valence-corrected chi connectivity index (χ1v) is 19.4. The van der Waals surface area contributed by atoms with Crippen molar-refractivity contribution < 1.29 is 4.79 Å². The lowest BCUT2D eigenvalue weighted by molar-refractivity contribution is 0.0870. The minimum Gasteiger partial charge on any atom is -0.300 e. The third-order valence-corrected chi connectivity index (χ3v) is 10.7. The average molecular weight is 611 g/mol. The molecule has 5 unspecified atom stereocenters. The highest BCUT2D eigenvalue weighted by atomic mass is 32.2. The van der Waals surface area contributed by atoms with E-state index in [1.807, 2.05) is 5.01 Å². The van der Waals surface area contributed by atoms with Gasteiger partial charge in [-0.2, -0.15) is 0 Å². The van der Waals surface area contributed by atoms with Crippen molar-refractivity contribution in [3.63, 3.8) is 0 Å². The van der Waals surface area contributed by atoms with Crippen molar-refractivity contribution in [1.29, 1.82) is 0 Å². The van der Waals surface area contributed by atoms with Crippen LogP contribution >= 0.6 is 11.8 Å². The smallest absolute Gasteiger partial charge is 0.298 e. The van der Waals surface area contributed by atoms with E-state index in [1.54, 1.807) is 0 Å². The van der Waals surface area contributed by atoms with Crippen LogP contribution in [0.1, 0.15) is 158 Å². The van der Waals surface area contributed by atoms with Gasteiger partial charge < -0.3 is 4.90 Å². The van der Waals surface area contributed by atoms with Gasteiger partial charge in [0.15, 0.2) is 0 Å². The van der Waals surface area contributed by atoms with E-state index in [1.165, 1.54) is 128 Å². The minimum atomic E-state index is 0.149. The molecule has 42 heavy (non-hydrogen) atoms. The second-order valence-corrected chi connectivity index (χ2v) is 14.6. The van der Waals surface area contributed by atoms with Gasteiger partial charge in [0.25, 0.3) is 5.24 Å². The molecule has 1 aliphatic rings. The summed E-state index contributed by atoms with van der Waals surface area (Å²) in [5, 5.41) is 2.33. The second kappa shape index (κ2) is 25.0. The van der Waals surface area contributed by atoms with Gasteiger partial charge in [-0.25, -0.2) is 5.43 Å². The Labute approximate surface area is 268 Å². The number of carbonyl (C=O) groups excluding carboxylic acids is 1. The average Bonchev–Trinajstić information content (AvgIpc) is 3.34. The summed E-state index contributed by atoms with van der Waals surface area (Å²) in [6.07, 6.45) is 20.6. The van der Waals surface area contributed by atoms with Crippen LogP contribution < -0.4 is 5.43 Å². The summed E-state index contributed by atoms with van der Waals surface area (Å²) in [6.45, 7) is 24.9. The standard InChI is InChI=1S/C36H74N4OS/c1-9-17-21-31(13-5)25-38(26-32(14-6)22-18-10-2)29-35-37-40(36(41)42-35)30-39(27-33(15-7)23-19-11-3)28-34(16-8)24-20-12-4/h31-35,37H,9-30H2,1-8H3. The summed E-state index contributed by atoms with van der Waals surface area (Å²) in [5.74, 6) is 2.94. The van der Waals surface area contributed by atoms with Gasteiger partial charge in [0.1, 0.15) is 0 Å². The molecular formula is C36H74N4OS. The van der Waals surface area contributed by atoms with Crippen LogP contribution in [0, 0.1) is 23.7 Å². The Balaban J connectivity index is 2.97. The number of hydrogen-bond donors (Lipinski definition) is 1. The number of nitrogens with zero attached hydrogens (tertiary/aromatic N) is 3. The maximum Gasteiger partial charge on any atom is 0.298 e. The van der Waals surface area contributed by atoms with Gasteiger partial charge in [-0.3, -0.25) is 14.7 Å². The topological polar surface area (TPSA) is 38.8 Å². The monoisotopic (exact) mass is 611 g/mol. The van der Waals surface area contributed by atoms with E-state index in [2.05, 4.69) is 70.6 Å². The third-order valence-electron chi connectivity index (χ3n) is 9.77. The molecule has 0 saturated carbocycles. The Kier molecular flexibility index (Phi) is 23.6. The Bertz CT molecular complexity index is 614. The zero-order valence-corrected chi connectivity index (χ0v) is 30.4. The van der Waals surface area contributed by atoms with Gasteiger partial charge in [-0.1, -0.05) is 132 Å². The molecule has 1 heterocycles. The molecule has 0 spiro atoms. The predicted molar refractivity (Wildman–Crippen MR) is 188 cm³/mol. The molecule has 0 aromatic carbocycles. The number of rotatable bonds is 28. The second-order valence-electron chi connectivity index (χ2n) is 13.5. The fourth-order valence-electron chi connectivity index (χ4n) is 6.59. The van der Waals surface area contributed by atoms with Crippen molar-refractivity contribution in [1.82, 2.24) is 20.2 Å². The molecule has 250 valence electrons. The maximum atomic E-state index is 13.4. The normalized spacial score (nSPS) is 18.8. The maximum absolute atomic E-state index is 13.4. The first-order chi connectivity index (χ1) is 20.4. The molecule has 1 N–H and O–H groups in total. The molecule has 5 atom stereocenters. The Morgan fingerprint density at radius 1 is 0.619 bits per heavy atom. The van der Waals surface area contributed by atoms with Gasteiger partial charge >= 0.3 is 0 Å². The highest BCUT2D eigenvalue weighted by Gasteiger charge is 2.34. The molecule has 0 aliphatic carbocycles. The largest absolute Gasteiger partial charge is 0.300 e. The van der Waals surface area contributed by atoms with Crippen molar-refractivity contribution in [3.8, 4) is 0 Å². The Morgan fingerprint density at radius 2 is 0.976 bits per heavy atom. The molecule has 5 nitrogen and oxygen atoms in total. The number of hydrogen-bond acceptors (Lipinski definition) is 5. The summed E-state index contributed by atoms with van der Waals surface area (Å²) < 4.78 is 0. The zero-order valence-electron chi connectivity index (χ0n) is 29.6. The third kappa shape index (κ3) is 16.7. The van der Waals surface area contributed by atoms with Gasteiger partial charge in [0.05, 0.1) is 12.0 Å². The minimum absolute atomic E-state index is 0.149. The molecule has 0 radical (unpaired) electrons. The number of nitrogens with one attached hydrogen (secondary N) is 1. The fraction of sp³-hybridized carbons (Fsp3) is 0.972. The van der Waals surface area contributed by atoms with Crippen LogP contribution in [0.3, 0.4) is 0 Å². The van der Waals surface area contributed by atoms with E-state index in [0.717, 1.165) is 38.1 Å². The van der Waals surface area contributed by atoms with E-state index in [-0.39, 0.29) is 10.6 Å². The summed E-state index contributed by atoms with van der Waals surface area (Å²) in [5.41, 5.74) is 3.70.